The van der Waals surface area contributed by atoms with Gasteiger partial charge in [-0.2, -0.15) is 0 Å². The molecule has 0 aliphatic rings. The Morgan fingerprint density at radius 1 is 1.06 bits per heavy atom. The predicted molar refractivity (Wildman–Crippen MR) is 133 cm³/mol. The molecule has 2 heterocycles. The van der Waals surface area contributed by atoms with E-state index in [2.05, 4.69) is 33.9 Å². The van der Waals surface area contributed by atoms with Gasteiger partial charge in [-0.25, -0.2) is 4.99 Å². The summed E-state index contributed by atoms with van der Waals surface area (Å²) in [6.07, 6.45) is 2.87. The van der Waals surface area contributed by atoms with Gasteiger partial charge in [-0.1, -0.05) is 42.5 Å². The van der Waals surface area contributed by atoms with E-state index in [0.717, 1.165) is 39.2 Å². The molecule has 5 rings (SSSR count). The molecular formula is C26H22N4O2S. The van der Waals surface area contributed by atoms with Crippen LogP contribution in [0.4, 0.5) is 11.4 Å². The van der Waals surface area contributed by atoms with Gasteiger partial charge in [0.05, 0.1) is 16.3 Å². The number of hydrogen-bond donors (Lipinski definition) is 1. The number of hydrogen-bond acceptors (Lipinski definition) is 4. The van der Waals surface area contributed by atoms with Crippen LogP contribution in [0.2, 0.25) is 0 Å². The quantitative estimate of drug-likeness (QED) is 0.238. The predicted octanol–water partition coefficient (Wildman–Crippen LogP) is 6.39. The number of aromatic nitrogens is 2. The minimum Gasteiger partial charge on any atom is -0.361 e. The van der Waals surface area contributed by atoms with E-state index in [0.29, 0.717) is 6.54 Å². The van der Waals surface area contributed by atoms with Gasteiger partial charge in [0.25, 0.3) is 5.69 Å². The molecule has 0 bridgehead atoms. The van der Waals surface area contributed by atoms with Gasteiger partial charge in [0.15, 0.2) is 4.80 Å². The molecule has 3 aromatic carbocycles. The molecule has 33 heavy (non-hydrogen) atoms. The molecule has 0 amide bonds. The number of non-ortho nitro benzene ring substituents is 1. The number of nitro benzene ring substituents is 1. The largest absolute Gasteiger partial charge is 0.361 e. The van der Waals surface area contributed by atoms with E-state index in [9.17, 15) is 10.1 Å². The molecule has 0 aliphatic heterocycles. The fraction of sp³-hybridized carbons (Fsp3) is 0.115. The third-order valence-electron chi connectivity index (χ3n) is 5.66. The molecule has 0 radical (unpaired) electrons. The number of nitrogens with one attached hydrogen (secondary N) is 1. The minimum atomic E-state index is -0.357. The van der Waals surface area contributed by atoms with Crippen LogP contribution in [-0.4, -0.2) is 14.5 Å². The van der Waals surface area contributed by atoms with Crippen molar-refractivity contribution in [3.05, 3.63) is 110 Å². The van der Waals surface area contributed by atoms with Crippen molar-refractivity contribution in [1.82, 2.24) is 9.55 Å². The second-order valence-corrected chi connectivity index (χ2v) is 8.76. The van der Waals surface area contributed by atoms with Crippen LogP contribution in [0.5, 0.6) is 0 Å². The van der Waals surface area contributed by atoms with Gasteiger partial charge < -0.3 is 9.55 Å². The Labute approximate surface area is 194 Å². The first-order chi connectivity index (χ1) is 16.1. The average Bonchev–Trinajstić information content (AvgIpc) is 3.41. The smallest absolute Gasteiger partial charge is 0.270 e. The zero-order valence-electron chi connectivity index (χ0n) is 18.1. The molecule has 0 aliphatic carbocycles. The molecule has 0 atom stereocenters. The van der Waals surface area contributed by atoms with Gasteiger partial charge in [0, 0.05) is 46.7 Å². The van der Waals surface area contributed by atoms with Crippen LogP contribution in [0.3, 0.4) is 0 Å². The first-order valence-corrected chi connectivity index (χ1v) is 11.6. The monoisotopic (exact) mass is 454 g/mol. The highest BCUT2D eigenvalue weighted by Crippen LogP contribution is 2.26. The number of para-hydroxylation sites is 1. The van der Waals surface area contributed by atoms with Gasteiger partial charge in [-0.15, -0.1) is 11.3 Å². The van der Waals surface area contributed by atoms with Gasteiger partial charge in [-0.05, 0) is 42.7 Å². The highest BCUT2D eigenvalue weighted by atomic mass is 32.1. The van der Waals surface area contributed by atoms with Crippen LogP contribution in [-0.2, 0) is 13.0 Å². The number of nitro groups is 1. The van der Waals surface area contributed by atoms with Crippen molar-refractivity contribution in [1.29, 1.82) is 0 Å². The summed E-state index contributed by atoms with van der Waals surface area (Å²) < 4.78 is 2.16. The van der Waals surface area contributed by atoms with Crippen molar-refractivity contribution < 1.29 is 4.92 Å². The number of rotatable bonds is 6. The Bertz CT molecular complexity index is 1530. The molecule has 6 nitrogen and oxygen atoms in total. The Hall–Kier alpha value is -3.97. The fourth-order valence-corrected chi connectivity index (χ4v) is 4.98. The molecule has 2 aromatic heterocycles. The minimum absolute atomic E-state index is 0.0825. The first kappa shape index (κ1) is 20.9. The molecule has 0 spiro atoms. The number of fused-ring (bicyclic) bond motifs is 1. The van der Waals surface area contributed by atoms with E-state index < -0.39 is 0 Å². The summed E-state index contributed by atoms with van der Waals surface area (Å²) >= 11 is 1.55. The summed E-state index contributed by atoms with van der Waals surface area (Å²) in [7, 11) is 0. The van der Waals surface area contributed by atoms with Crippen molar-refractivity contribution >= 4 is 33.6 Å². The fourth-order valence-electron chi connectivity index (χ4n) is 4.02. The van der Waals surface area contributed by atoms with Gasteiger partial charge in [-0.3, -0.25) is 10.1 Å². The summed E-state index contributed by atoms with van der Waals surface area (Å²) in [6, 6.07) is 23.1. The maximum atomic E-state index is 11.3. The molecule has 0 unspecified atom stereocenters. The third-order valence-corrected chi connectivity index (χ3v) is 6.52. The van der Waals surface area contributed by atoms with E-state index in [4.69, 9.17) is 4.99 Å². The molecule has 0 fully saturated rings. The van der Waals surface area contributed by atoms with E-state index in [1.807, 2.05) is 48.7 Å². The van der Waals surface area contributed by atoms with E-state index in [-0.39, 0.29) is 10.6 Å². The average molecular weight is 455 g/mol. The lowest BCUT2D eigenvalue weighted by atomic mass is 10.1. The second kappa shape index (κ2) is 8.88. The highest BCUT2D eigenvalue weighted by Gasteiger charge is 2.13. The van der Waals surface area contributed by atoms with Gasteiger partial charge in [0.2, 0.25) is 0 Å². The highest BCUT2D eigenvalue weighted by molar-refractivity contribution is 7.07. The number of H-pyrrole nitrogens is 1. The summed E-state index contributed by atoms with van der Waals surface area (Å²) in [6.45, 7) is 2.75. The van der Waals surface area contributed by atoms with Crippen LogP contribution in [0, 0.1) is 17.0 Å². The van der Waals surface area contributed by atoms with E-state index >= 15 is 0 Å². The molecule has 0 saturated carbocycles. The zero-order valence-corrected chi connectivity index (χ0v) is 18.9. The number of aromatic amines is 1. The third kappa shape index (κ3) is 4.36. The van der Waals surface area contributed by atoms with Crippen LogP contribution in [0.15, 0.2) is 89.4 Å². The SMILES string of the molecule is Cc1cccc(N=c2scc(-c3cccc([N+](=O)[O-])c3)n2CCc2c[nH]c3ccccc23)c1. The van der Waals surface area contributed by atoms with Gasteiger partial charge >= 0.3 is 0 Å². The van der Waals surface area contributed by atoms with Crippen molar-refractivity contribution in [2.24, 2.45) is 4.99 Å². The van der Waals surface area contributed by atoms with Crippen molar-refractivity contribution in [2.75, 3.05) is 0 Å². The van der Waals surface area contributed by atoms with Crippen LogP contribution >= 0.6 is 11.3 Å². The molecular weight excluding hydrogens is 432 g/mol. The zero-order chi connectivity index (χ0) is 22.8. The summed E-state index contributed by atoms with van der Waals surface area (Å²) in [5.74, 6) is 0. The van der Waals surface area contributed by atoms with Crippen LogP contribution in [0.25, 0.3) is 22.2 Å². The molecule has 7 heteroatoms. The number of benzene rings is 3. The van der Waals surface area contributed by atoms with E-state index in [1.54, 1.807) is 23.5 Å². The number of thiazole rings is 1. The lowest BCUT2D eigenvalue weighted by molar-refractivity contribution is -0.384. The molecule has 164 valence electrons. The molecule has 0 saturated heterocycles. The van der Waals surface area contributed by atoms with Crippen LogP contribution in [0.1, 0.15) is 11.1 Å². The Kier molecular flexibility index (Phi) is 5.62. The second-order valence-electron chi connectivity index (χ2n) is 7.92. The van der Waals surface area contributed by atoms with Crippen molar-refractivity contribution in [3.8, 4) is 11.3 Å². The summed E-state index contributed by atoms with van der Waals surface area (Å²) in [4.78, 5) is 20.1. The normalized spacial score (nSPS) is 11.8. The van der Waals surface area contributed by atoms with Crippen LogP contribution < -0.4 is 4.80 Å². The standard InChI is InChI=1S/C26H22N4O2S/c1-18-6-4-8-21(14-18)28-26-29(13-12-20-16-27-24-11-3-2-10-23(20)24)25(17-33-26)19-7-5-9-22(15-19)30(31)32/h2-11,14-17,27H,12-13H2,1H3. The topological polar surface area (TPSA) is 76.2 Å². The maximum absolute atomic E-state index is 11.3. The van der Waals surface area contributed by atoms with Crippen molar-refractivity contribution in [2.45, 2.75) is 19.9 Å². The van der Waals surface area contributed by atoms with E-state index in [1.165, 1.54) is 17.0 Å². The Balaban J connectivity index is 1.59. The van der Waals surface area contributed by atoms with Crippen molar-refractivity contribution in [3.63, 3.8) is 0 Å². The molecule has 5 aromatic rings. The lowest BCUT2D eigenvalue weighted by Gasteiger charge is -2.09. The maximum Gasteiger partial charge on any atom is 0.270 e. The Morgan fingerprint density at radius 3 is 2.76 bits per heavy atom. The molecule has 1 N–H and O–H groups in total. The summed E-state index contributed by atoms with van der Waals surface area (Å²) in [5.41, 5.74) is 6.21. The Morgan fingerprint density at radius 2 is 1.91 bits per heavy atom. The van der Waals surface area contributed by atoms with Gasteiger partial charge in [0.1, 0.15) is 0 Å². The lowest BCUT2D eigenvalue weighted by Crippen LogP contribution is -2.17. The number of aryl methyl sites for hydroxylation is 2. The number of nitrogens with zero attached hydrogens (tertiary/aromatic N) is 3. The summed E-state index contributed by atoms with van der Waals surface area (Å²) in [5, 5.41) is 14.6. The first-order valence-electron chi connectivity index (χ1n) is 10.7.